The molecule has 0 atom stereocenters. The lowest BCUT2D eigenvalue weighted by Gasteiger charge is -2.11. The molecule has 15 heavy (non-hydrogen) atoms. The number of pyridine rings is 1. The smallest absolute Gasteiger partial charge is 0.269 e. The molecule has 1 aromatic heterocycles. The summed E-state index contributed by atoms with van der Waals surface area (Å²) in [6.07, 6.45) is -1.75. The van der Waals surface area contributed by atoms with Crippen LogP contribution in [0.3, 0.4) is 0 Å². The molecule has 1 heterocycles. The minimum absolute atomic E-state index is 0.0754. The average Bonchev–Trinajstić information content (AvgIpc) is 2.26. The van der Waals surface area contributed by atoms with Gasteiger partial charge in [0, 0.05) is 11.8 Å². The summed E-state index contributed by atoms with van der Waals surface area (Å²) in [5.41, 5.74) is -0.744. The molecule has 1 rings (SSSR count). The van der Waals surface area contributed by atoms with Crippen molar-refractivity contribution < 1.29 is 18.6 Å². The molecule has 80 valence electrons. The van der Waals surface area contributed by atoms with Crippen molar-refractivity contribution in [2.45, 2.75) is 13.0 Å². The Balaban J connectivity index is 3.46. The van der Waals surface area contributed by atoms with Crippen LogP contribution in [-0.2, 0) is 6.61 Å². The Morgan fingerprint density at radius 2 is 2.33 bits per heavy atom. The molecular formula is C9H8F2N2O2. The van der Waals surface area contributed by atoms with E-state index < -0.39 is 18.6 Å². The highest BCUT2D eigenvalue weighted by atomic mass is 19.3. The summed E-state index contributed by atoms with van der Waals surface area (Å²) in [5.74, 6) is -0.270. The van der Waals surface area contributed by atoms with Crippen molar-refractivity contribution in [2.24, 2.45) is 0 Å². The standard InChI is InChI=1S/C9H8F2N2O2/c1-15-9-7(8(10)11)6(4-14)5(2-12)3-13-9/h3,8,14H,4H2,1H3. The normalized spacial score (nSPS) is 10.1. The number of nitriles is 1. The summed E-state index contributed by atoms with van der Waals surface area (Å²) in [5, 5.41) is 17.6. The fourth-order valence-corrected chi connectivity index (χ4v) is 1.20. The summed E-state index contributed by atoms with van der Waals surface area (Å²) in [4.78, 5) is 3.56. The van der Waals surface area contributed by atoms with Crippen molar-refractivity contribution in [1.82, 2.24) is 4.98 Å². The van der Waals surface area contributed by atoms with E-state index in [9.17, 15) is 8.78 Å². The molecule has 0 bridgehead atoms. The summed E-state index contributed by atoms with van der Waals surface area (Å²) >= 11 is 0. The van der Waals surface area contributed by atoms with Gasteiger partial charge in [-0.25, -0.2) is 13.8 Å². The van der Waals surface area contributed by atoms with E-state index >= 15 is 0 Å². The number of ether oxygens (including phenoxy) is 1. The van der Waals surface area contributed by atoms with Gasteiger partial charge in [-0.3, -0.25) is 0 Å². The maximum Gasteiger partial charge on any atom is 0.269 e. The third-order valence-corrected chi connectivity index (χ3v) is 1.88. The van der Waals surface area contributed by atoms with E-state index in [4.69, 9.17) is 10.4 Å². The molecule has 1 N–H and O–H groups in total. The van der Waals surface area contributed by atoms with Crippen LogP contribution in [0.25, 0.3) is 0 Å². The Hall–Kier alpha value is -1.74. The molecule has 1 aromatic rings. The topological polar surface area (TPSA) is 66.1 Å². The predicted molar refractivity (Wildman–Crippen MR) is 46.4 cm³/mol. The highest BCUT2D eigenvalue weighted by molar-refractivity contribution is 5.45. The molecular weight excluding hydrogens is 206 g/mol. The number of hydrogen-bond donors (Lipinski definition) is 1. The zero-order valence-corrected chi connectivity index (χ0v) is 7.87. The molecule has 0 aromatic carbocycles. The molecule has 0 fully saturated rings. The van der Waals surface area contributed by atoms with Crippen LogP contribution >= 0.6 is 0 Å². The van der Waals surface area contributed by atoms with Crippen LogP contribution in [0.4, 0.5) is 8.78 Å². The summed E-state index contributed by atoms with van der Waals surface area (Å²) in [6.45, 7) is -0.651. The van der Waals surface area contributed by atoms with E-state index in [0.717, 1.165) is 6.20 Å². The van der Waals surface area contributed by atoms with Crippen molar-refractivity contribution in [3.8, 4) is 11.9 Å². The highest BCUT2D eigenvalue weighted by Crippen LogP contribution is 2.32. The van der Waals surface area contributed by atoms with E-state index in [1.807, 2.05) is 0 Å². The van der Waals surface area contributed by atoms with Gasteiger partial charge in [-0.1, -0.05) is 0 Å². The van der Waals surface area contributed by atoms with Gasteiger partial charge in [0.2, 0.25) is 5.88 Å². The van der Waals surface area contributed by atoms with Crippen LogP contribution in [0.5, 0.6) is 5.88 Å². The highest BCUT2D eigenvalue weighted by Gasteiger charge is 2.22. The SMILES string of the molecule is COc1ncc(C#N)c(CO)c1C(F)F. The summed E-state index contributed by atoms with van der Waals surface area (Å²) in [6, 6.07) is 1.68. The lowest BCUT2D eigenvalue weighted by atomic mass is 10.1. The van der Waals surface area contributed by atoms with Crippen LogP contribution < -0.4 is 4.74 Å². The molecule has 0 radical (unpaired) electrons. The molecule has 0 amide bonds. The van der Waals surface area contributed by atoms with Crippen LogP contribution in [0.15, 0.2) is 6.20 Å². The molecule has 6 heteroatoms. The Morgan fingerprint density at radius 1 is 1.67 bits per heavy atom. The first-order chi connectivity index (χ1) is 7.15. The minimum Gasteiger partial charge on any atom is -0.481 e. The molecule has 4 nitrogen and oxygen atoms in total. The van der Waals surface area contributed by atoms with E-state index in [1.165, 1.54) is 7.11 Å². The van der Waals surface area contributed by atoms with Crippen LogP contribution in [0.1, 0.15) is 23.1 Å². The third-order valence-electron chi connectivity index (χ3n) is 1.88. The predicted octanol–water partition coefficient (Wildman–Crippen LogP) is 1.39. The van der Waals surface area contributed by atoms with Crippen LogP contribution in [-0.4, -0.2) is 17.2 Å². The second-order valence-electron chi connectivity index (χ2n) is 2.64. The van der Waals surface area contributed by atoms with Gasteiger partial charge in [0.25, 0.3) is 6.43 Å². The van der Waals surface area contributed by atoms with Crippen molar-refractivity contribution in [3.63, 3.8) is 0 Å². The molecule has 0 saturated heterocycles. The number of rotatable bonds is 3. The first-order valence-electron chi connectivity index (χ1n) is 4.00. The Kier molecular flexibility index (Phi) is 3.52. The van der Waals surface area contributed by atoms with Crippen molar-refractivity contribution >= 4 is 0 Å². The number of nitrogens with zero attached hydrogens (tertiary/aromatic N) is 2. The molecule has 0 saturated carbocycles. The maximum atomic E-state index is 12.6. The number of aromatic nitrogens is 1. The largest absolute Gasteiger partial charge is 0.481 e. The van der Waals surface area contributed by atoms with E-state index in [2.05, 4.69) is 9.72 Å². The fourth-order valence-electron chi connectivity index (χ4n) is 1.20. The van der Waals surface area contributed by atoms with Crippen LogP contribution in [0.2, 0.25) is 0 Å². The first-order valence-corrected chi connectivity index (χ1v) is 4.00. The summed E-state index contributed by atoms with van der Waals surface area (Å²) in [7, 11) is 1.20. The van der Waals surface area contributed by atoms with Gasteiger partial charge in [0.1, 0.15) is 6.07 Å². The zero-order valence-electron chi connectivity index (χ0n) is 7.87. The van der Waals surface area contributed by atoms with Crippen molar-refractivity contribution in [3.05, 3.63) is 22.9 Å². The van der Waals surface area contributed by atoms with Crippen LogP contribution in [0, 0.1) is 11.3 Å². The van der Waals surface area contributed by atoms with Crippen molar-refractivity contribution in [2.75, 3.05) is 7.11 Å². The second-order valence-corrected chi connectivity index (χ2v) is 2.64. The lowest BCUT2D eigenvalue weighted by Crippen LogP contribution is -2.04. The van der Waals surface area contributed by atoms with Crippen molar-refractivity contribution in [1.29, 1.82) is 5.26 Å². The van der Waals surface area contributed by atoms with E-state index in [1.54, 1.807) is 6.07 Å². The Bertz CT molecular complexity index is 402. The number of aliphatic hydroxyl groups is 1. The molecule has 0 aliphatic heterocycles. The minimum atomic E-state index is -2.84. The number of methoxy groups -OCH3 is 1. The maximum absolute atomic E-state index is 12.6. The Morgan fingerprint density at radius 3 is 2.73 bits per heavy atom. The van der Waals surface area contributed by atoms with Gasteiger partial charge in [-0.05, 0) is 0 Å². The molecule has 0 aliphatic carbocycles. The van der Waals surface area contributed by atoms with Gasteiger partial charge < -0.3 is 9.84 Å². The number of aliphatic hydroxyl groups excluding tert-OH is 1. The monoisotopic (exact) mass is 214 g/mol. The van der Waals surface area contributed by atoms with Gasteiger partial charge in [0.15, 0.2) is 0 Å². The van der Waals surface area contributed by atoms with Gasteiger partial charge in [-0.15, -0.1) is 0 Å². The number of hydrogen-bond acceptors (Lipinski definition) is 4. The fraction of sp³-hybridized carbons (Fsp3) is 0.333. The first kappa shape index (κ1) is 11.3. The Labute approximate surface area is 84.7 Å². The lowest BCUT2D eigenvalue weighted by molar-refractivity contribution is 0.141. The molecule has 0 spiro atoms. The van der Waals surface area contributed by atoms with Gasteiger partial charge in [-0.2, -0.15) is 5.26 Å². The third kappa shape index (κ3) is 2.02. The number of alkyl halides is 2. The number of halogens is 2. The summed E-state index contributed by atoms with van der Waals surface area (Å²) < 4.78 is 29.9. The van der Waals surface area contributed by atoms with Gasteiger partial charge in [0.05, 0.1) is 24.8 Å². The van der Waals surface area contributed by atoms with E-state index in [-0.39, 0.29) is 17.0 Å². The van der Waals surface area contributed by atoms with E-state index in [0.29, 0.717) is 0 Å². The quantitative estimate of drug-likeness (QED) is 0.825. The molecule has 0 aliphatic rings. The molecule has 0 unspecified atom stereocenters. The second kappa shape index (κ2) is 4.66. The van der Waals surface area contributed by atoms with Gasteiger partial charge >= 0.3 is 0 Å². The average molecular weight is 214 g/mol. The zero-order chi connectivity index (χ0) is 11.4.